The minimum Gasteiger partial charge on any atom is -0.278 e. The number of hydrogen-bond acceptors (Lipinski definition) is 4. The Morgan fingerprint density at radius 3 is 2.14 bits per heavy atom. The molecule has 0 spiro atoms. The number of nitrogens with zero attached hydrogens (tertiary/aromatic N) is 1. The van der Waals surface area contributed by atoms with E-state index in [1.807, 2.05) is 0 Å². The molecule has 1 N–H and O–H groups in total. The molecule has 0 bridgehead atoms. The molecule has 4 nitrogen and oxygen atoms in total. The number of thioether (sulfide) groups is 1. The van der Waals surface area contributed by atoms with Crippen LogP contribution in [-0.2, 0) is 9.59 Å². The summed E-state index contributed by atoms with van der Waals surface area (Å²) in [6.07, 6.45) is 1.16. The first kappa shape index (κ1) is 19.5. The van der Waals surface area contributed by atoms with Gasteiger partial charge in [-0.05, 0) is 41.8 Å². The number of imide groups is 1. The van der Waals surface area contributed by atoms with Crippen LogP contribution in [0.15, 0.2) is 0 Å². The van der Waals surface area contributed by atoms with Gasteiger partial charge in [0.1, 0.15) is 0 Å². The van der Waals surface area contributed by atoms with Crippen LogP contribution < -0.4 is 0 Å². The summed E-state index contributed by atoms with van der Waals surface area (Å²) in [5.74, 6) is 3.18. The number of amides is 2. The second kappa shape index (κ2) is 8.34. The van der Waals surface area contributed by atoms with E-state index in [1.54, 1.807) is 0 Å². The molecule has 1 rings (SSSR count). The molecule has 0 radical (unpaired) electrons. The number of carbonyl (C=O) groups excluding carboxylic acids is 2. The van der Waals surface area contributed by atoms with Crippen molar-refractivity contribution in [2.24, 2.45) is 29.6 Å². The van der Waals surface area contributed by atoms with E-state index in [0.717, 1.165) is 12.2 Å². The Morgan fingerprint density at radius 1 is 1.09 bits per heavy atom. The van der Waals surface area contributed by atoms with E-state index in [0.29, 0.717) is 29.6 Å². The third kappa shape index (κ3) is 4.72. The fourth-order valence-corrected chi connectivity index (χ4v) is 4.28. The lowest BCUT2D eigenvalue weighted by molar-refractivity contribution is -0.170. The highest BCUT2D eigenvalue weighted by Gasteiger charge is 2.38. The summed E-state index contributed by atoms with van der Waals surface area (Å²) in [4.78, 5) is 22.9. The van der Waals surface area contributed by atoms with Gasteiger partial charge in [-0.3, -0.25) is 14.8 Å². The zero-order valence-corrected chi connectivity index (χ0v) is 15.5. The van der Waals surface area contributed by atoms with Crippen molar-refractivity contribution in [3.63, 3.8) is 0 Å². The highest BCUT2D eigenvalue weighted by molar-refractivity contribution is 8.00. The molecule has 0 aromatic rings. The molecule has 1 heterocycles. The predicted molar refractivity (Wildman–Crippen MR) is 90.6 cm³/mol. The molecule has 1 fully saturated rings. The summed E-state index contributed by atoms with van der Waals surface area (Å²) in [6.45, 7) is 13.8. The normalized spacial score (nSPS) is 24.7. The summed E-state index contributed by atoms with van der Waals surface area (Å²) in [6, 6.07) is 0. The van der Waals surface area contributed by atoms with Gasteiger partial charge in [-0.15, -0.1) is 11.8 Å². The Hall–Kier alpha value is -0.550. The van der Waals surface area contributed by atoms with Gasteiger partial charge < -0.3 is 0 Å². The number of carbonyl (C=O) groups is 2. The van der Waals surface area contributed by atoms with Crippen LogP contribution in [0.1, 0.15) is 54.4 Å². The summed E-state index contributed by atoms with van der Waals surface area (Å²) in [5.41, 5.74) is 0. The smallest absolute Gasteiger partial charge is 0.266 e. The predicted octanol–water partition coefficient (Wildman–Crippen LogP) is 3.83. The van der Waals surface area contributed by atoms with E-state index in [9.17, 15) is 14.8 Å². The van der Waals surface area contributed by atoms with Gasteiger partial charge in [0.05, 0.1) is 11.7 Å². The molecule has 0 saturated carbocycles. The lowest BCUT2D eigenvalue weighted by Crippen LogP contribution is -2.28. The summed E-state index contributed by atoms with van der Waals surface area (Å²) in [7, 11) is 0. The van der Waals surface area contributed by atoms with Crippen LogP contribution in [0.2, 0.25) is 0 Å². The van der Waals surface area contributed by atoms with Crippen LogP contribution in [0.3, 0.4) is 0 Å². The molecule has 1 aliphatic rings. The van der Waals surface area contributed by atoms with Gasteiger partial charge in [0, 0.05) is 0 Å². The number of rotatable bonds is 8. The molecule has 5 unspecified atom stereocenters. The lowest BCUT2D eigenvalue weighted by Gasteiger charge is -2.32. The van der Waals surface area contributed by atoms with Gasteiger partial charge in [0.2, 0.25) is 0 Å². The lowest BCUT2D eigenvalue weighted by atomic mass is 9.74. The fraction of sp³-hybridized carbons (Fsp3) is 0.882. The van der Waals surface area contributed by atoms with Crippen molar-refractivity contribution in [2.45, 2.75) is 59.6 Å². The maximum Gasteiger partial charge on any atom is 0.266 e. The zero-order valence-electron chi connectivity index (χ0n) is 14.7. The monoisotopic (exact) mass is 329 g/mol. The van der Waals surface area contributed by atoms with E-state index in [4.69, 9.17) is 0 Å². The largest absolute Gasteiger partial charge is 0.278 e. The van der Waals surface area contributed by atoms with Crippen molar-refractivity contribution in [2.75, 3.05) is 5.75 Å². The van der Waals surface area contributed by atoms with Gasteiger partial charge >= 0.3 is 0 Å². The van der Waals surface area contributed by atoms with Crippen molar-refractivity contribution in [3.8, 4) is 0 Å². The molecule has 1 aliphatic heterocycles. The molecule has 22 heavy (non-hydrogen) atoms. The molecule has 0 aliphatic carbocycles. The highest BCUT2D eigenvalue weighted by Crippen LogP contribution is 2.33. The van der Waals surface area contributed by atoms with Crippen LogP contribution in [0, 0.1) is 29.6 Å². The number of hydrogen-bond donors (Lipinski definition) is 1. The topological polar surface area (TPSA) is 57.6 Å². The molecular formula is C17H31NO3S. The van der Waals surface area contributed by atoms with E-state index >= 15 is 0 Å². The molecule has 5 heteroatoms. The Balaban J connectivity index is 2.38. The standard InChI is InChI=1S/C17H31NO3S/c1-10(2)12(4)14(6)13(5)11(3)7-8-22-15-9-16(19)18(21)17(15)20/h10-15,21H,7-9H2,1-6H3. The Morgan fingerprint density at radius 2 is 1.68 bits per heavy atom. The highest BCUT2D eigenvalue weighted by atomic mass is 32.2. The van der Waals surface area contributed by atoms with Crippen LogP contribution >= 0.6 is 11.8 Å². The zero-order chi connectivity index (χ0) is 17.0. The third-order valence-electron chi connectivity index (χ3n) is 5.58. The number of hydroxylamine groups is 2. The second-order valence-corrected chi connectivity index (χ2v) is 8.51. The van der Waals surface area contributed by atoms with Crippen molar-refractivity contribution < 1.29 is 14.8 Å². The SMILES string of the molecule is CC(C)C(C)C(C)C(C)C(C)CCSC1CC(=O)N(O)C1=O. The average molecular weight is 330 g/mol. The first-order valence-corrected chi connectivity index (χ1v) is 9.38. The Kier molecular flexibility index (Phi) is 7.39. The van der Waals surface area contributed by atoms with Crippen LogP contribution in [-0.4, -0.2) is 33.1 Å². The second-order valence-electron chi connectivity index (χ2n) is 7.19. The van der Waals surface area contributed by atoms with Gasteiger partial charge in [0.25, 0.3) is 11.8 Å². The van der Waals surface area contributed by atoms with E-state index in [1.165, 1.54) is 11.8 Å². The third-order valence-corrected chi connectivity index (χ3v) is 6.82. The first-order valence-electron chi connectivity index (χ1n) is 8.34. The van der Waals surface area contributed by atoms with Crippen molar-refractivity contribution in [1.82, 2.24) is 5.06 Å². The van der Waals surface area contributed by atoms with Gasteiger partial charge in [-0.25, -0.2) is 0 Å². The minimum absolute atomic E-state index is 0.130. The van der Waals surface area contributed by atoms with Gasteiger partial charge in [-0.1, -0.05) is 41.5 Å². The van der Waals surface area contributed by atoms with E-state index < -0.39 is 17.1 Å². The molecule has 128 valence electrons. The van der Waals surface area contributed by atoms with Gasteiger partial charge in [0.15, 0.2) is 0 Å². The maximum atomic E-state index is 11.6. The van der Waals surface area contributed by atoms with E-state index in [2.05, 4.69) is 41.5 Å². The minimum atomic E-state index is -0.483. The molecule has 2 amide bonds. The fourth-order valence-electron chi connectivity index (χ4n) is 2.99. The Bertz CT molecular complexity index is 399. The van der Waals surface area contributed by atoms with Crippen molar-refractivity contribution >= 4 is 23.6 Å². The summed E-state index contributed by atoms with van der Waals surface area (Å²) < 4.78 is 0. The van der Waals surface area contributed by atoms with Gasteiger partial charge in [-0.2, -0.15) is 5.06 Å². The van der Waals surface area contributed by atoms with Crippen LogP contribution in [0.4, 0.5) is 0 Å². The molecular weight excluding hydrogens is 298 g/mol. The Labute approximate surface area is 139 Å². The van der Waals surface area contributed by atoms with E-state index in [-0.39, 0.29) is 11.5 Å². The summed E-state index contributed by atoms with van der Waals surface area (Å²) >= 11 is 1.50. The summed E-state index contributed by atoms with van der Waals surface area (Å²) in [5, 5.41) is 9.12. The molecule has 0 aromatic carbocycles. The van der Waals surface area contributed by atoms with Crippen LogP contribution in [0.25, 0.3) is 0 Å². The first-order chi connectivity index (χ1) is 10.2. The average Bonchev–Trinajstić information content (AvgIpc) is 2.72. The van der Waals surface area contributed by atoms with Crippen molar-refractivity contribution in [1.29, 1.82) is 0 Å². The molecule has 0 aromatic heterocycles. The molecule has 1 saturated heterocycles. The quantitative estimate of drug-likeness (QED) is 0.543. The maximum absolute atomic E-state index is 11.6. The van der Waals surface area contributed by atoms with Crippen molar-refractivity contribution in [3.05, 3.63) is 0 Å². The van der Waals surface area contributed by atoms with Crippen LogP contribution in [0.5, 0.6) is 0 Å². The molecule has 5 atom stereocenters.